The summed E-state index contributed by atoms with van der Waals surface area (Å²) in [5, 5.41) is 21.2. The van der Waals surface area contributed by atoms with Crippen LogP contribution in [0.3, 0.4) is 0 Å². The van der Waals surface area contributed by atoms with Crippen LogP contribution < -0.4 is 5.32 Å². The second-order valence-corrected chi connectivity index (χ2v) is 4.55. The molecule has 2 atom stereocenters. The van der Waals surface area contributed by atoms with Gasteiger partial charge in [0.15, 0.2) is 0 Å². The van der Waals surface area contributed by atoms with E-state index in [4.69, 9.17) is 0 Å². The normalized spacial score (nSPS) is 26.6. The predicted molar refractivity (Wildman–Crippen MR) is 60.7 cm³/mol. The van der Waals surface area contributed by atoms with Crippen molar-refractivity contribution in [1.82, 2.24) is 20.1 Å². The first kappa shape index (κ1) is 11.5. The van der Waals surface area contributed by atoms with Crippen LogP contribution in [0.5, 0.6) is 0 Å². The first-order chi connectivity index (χ1) is 7.77. The summed E-state index contributed by atoms with van der Waals surface area (Å²) in [6, 6.07) is 0.208. The van der Waals surface area contributed by atoms with Gasteiger partial charge in [0.1, 0.15) is 12.2 Å². The van der Waals surface area contributed by atoms with Crippen molar-refractivity contribution in [2.75, 3.05) is 0 Å². The number of nitrogens with one attached hydrogen (secondary N) is 1. The van der Waals surface area contributed by atoms with Crippen LogP contribution in [0.4, 0.5) is 0 Å². The van der Waals surface area contributed by atoms with Crippen LogP contribution in [0, 0.1) is 0 Å². The van der Waals surface area contributed by atoms with Crippen LogP contribution in [0.15, 0.2) is 6.33 Å². The first-order valence-electron chi connectivity index (χ1n) is 6.01. The molecule has 5 nitrogen and oxygen atoms in total. The Morgan fingerprint density at radius 2 is 2.25 bits per heavy atom. The van der Waals surface area contributed by atoms with Gasteiger partial charge in [-0.15, -0.1) is 10.2 Å². The molecule has 0 aromatic carbocycles. The first-order valence-corrected chi connectivity index (χ1v) is 6.01. The van der Waals surface area contributed by atoms with Crippen molar-refractivity contribution in [3.8, 4) is 0 Å². The number of hydrogen-bond acceptors (Lipinski definition) is 4. The molecule has 0 spiro atoms. The van der Waals surface area contributed by atoms with Gasteiger partial charge in [0, 0.05) is 13.1 Å². The lowest BCUT2D eigenvalue weighted by Crippen LogP contribution is -2.39. The van der Waals surface area contributed by atoms with Gasteiger partial charge < -0.3 is 15.0 Å². The maximum atomic E-state index is 9.94. The largest absolute Gasteiger partial charge is 0.392 e. The minimum atomic E-state index is -0.212. The number of rotatable bonds is 3. The molecule has 0 saturated heterocycles. The third-order valence-electron chi connectivity index (χ3n) is 3.31. The van der Waals surface area contributed by atoms with E-state index in [1.165, 1.54) is 12.8 Å². The number of aliphatic hydroxyl groups excluding tert-OH is 1. The quantitative estimate of drug-likeness (QED) is 0.738. The molecule has 2 unspecified atom stereocenters. The summed E-state index contributed by atoms with van der Waals surface area (Å²) in [5.74, 6) is 0.913. The summed E-state index contributed by atoms with van der Waals surface area (Å²) in [6.45, 7) is 0.679. The lowest BCUT2D eigenvalue weighted by molar-refractivity contribution is 0.119. The summed E-state index contributed by atoms with van der Waals surface area (Å²) in [4.78, 5) is 0. The Hall–Kier alpha value is -0.940. The number of hydrogen-bond donors (Lipinski definition) is 2. The molecule has 1 heterocycles. The van der Waals surface area contributed by atoms with E-state index in [1.54, 1.807) is 6.33 Å². The molecular formula is C11H20N4O. The average Bonchev–Trinajstić information content (AvgIpc) is 2.56. The summed E-state index contributed by atoms with van der Waals surface area (Å²) in [7, 11) is 1.93. The topological polar surface area (TPSA) is 63.0 Å². The SMILES string of the molecule is Cn1cnnc1CNC1CCCCCC1O. The number of nitrogens with zero attached hydrogens (tertiary/aromatic N) is 3. The van der Waals surface area contributed by atoms with Gasteiger partial charge >= 0.3 is 0 Å². The molecule has 5 heteroatoms. The molecule has 1 aromatic rings. The summed E-state index contributed by atoms with van der Waals surface area (Å²) < 4.78 is 1.90. The van der Waals surface area contributed by atoms with Crippen molar-refractivity contribution in [3.63, 3.8) is 0 Å². The third-order valence-corrected chi connectivity index (χ3v) is 3.31. The number of aromatic nitrogens is 3. The van der Waals surface area contributed by atoms with Gasteiger partial charge in [0.05, 0.1) is 12.6 Å². The smallest absolute Gasteiger partial charge is 0.146 e. The molecule has 1 fully saturated rings. The van der Waals surface area contributed by atoms with Crippen molar-refractivity contribution in [1.29, 1.82) is 0 Å². The van der Waals surface area contributed by atoms with Crippen LogP contribution in [-0.4, -0.2) is 32.0 Å². The van der Waals surface area contributed by atoms with E-state index in [-0.39, 0.29) is 12.1 Å². The molecule has 0 radical (unpaired) electrons. The molecule has 2 rings (SSSR count). The van der Waals surface area contributed by atoms with Crippen molar-refractivity contribution >= 4 is 0 Å². The van der Waals surface area contributed by atoms with Crippen LogP contribution in [0.2, 0.25) is 0 Å². The molecule has 1 aliphatic carbocycles. The second kappa shape index (κ2) is 5.41. The summed E-state index contributed by atoms with van der Waals surface area (Å²) in [5.41, 5.74) is 0. The highest BCUT2D eigenvalue weighted by Gasteiger charge is 2.21. The fourth-order valence-electron chi connectivity index (χ4n) is 2.22. The highest BCUT2D eigenvalue weighted by atomic mass is 16.3. The zero-order valence-corrected chi connectivity index (χ0v) is 9.76. The van der Waals surface area contributed by atoms with E-state index in [0.717, 1.165) is 25.1 Å². The Morgan fingerprint density at radius 1 is 1.44 bits per heavy atom. The monoisotopic (exact) mass is 224 g/mol. The second-order valence-electron chi connectivity index (χ2n) is 4.55. The van der Waals surface area contributed by atoms with Crippen molar-refractivity contribution in [2.45, 2.75) is 50.8 Å². The molecule has 1 aromatic heterocycles. The molecular weight excluding hydrogens is 204 g/mol. The molecule has 90 valence electrons. The van der Waals surface area contributed by atoms with Gasteiger partial charge in [0.2, 0.25) is 0 Å². The van der Waals surface area contributed by atoms with Gasteiger partial charge in [-0.25, -0.2) is 0 Å². The van der Waals surface area contributed by atoms with Crippen molar-refractivity contribution in [2.24, 2.45) is 7.05 Å². The Kier molecular flexibility index (Phi) is 3.90. The molecule has 0 aliphatic heterocycles. The standard InChI is InChI=1S/C11H20N4O/c1-15-8-13-14-11(15)7-12-9-5-3-2-4-6-10(9)16/h8-10,12,16H,2-7H2,1H3. The van der Waals surface area contributed by atoms with Gasteiger partial charge in [-0.1, -0.05) is 19.3 Å². The molecule has 1 saturated carbocycles. The Balaban J connectivity index is 1.86. The summed E-state index contributed by atoms with van der Waals surface area (Å²) in [6.07, 6.45) is 7.03. The van der Waals surface area contributed by atoms with E-state index in [1.807, 2.05) is 11.6 Å². The molecule has 0 bridgehead atoms. The Morgan fingerprint density at radius 3 is 3.00 bits per heavy atom. The molecule has 16 heavy (non-hydrogen) atoms. The molecule has 1 aliphatic rings. The van der Waals surface area contributed by atoms with Gasteiger partial charge in [-0.2, -0.15) is 0 Å². The minimum absolute atomic E-state index is 0.208. The lowest BCUT2D eigenvalue weighted by Gasteiger charge is -2.21. The minimum Gasteiger partial charge on any atom is -0.392 e. The number of aryl methyl sites for hydroxylation is 1. The van der Waals surface area contributed by atoms with Gasteiger partial charge in [-0.3, -0.25) is 0 Å². The van der Waals surface area contributed by atoms with Crippen LogP contribution in [0.25, 0.3) is 0 Å². The summed E-state index contributed by atoms with van der Waals surface area (Å²) >= 11 is 0. The molecule has 2 N–H and O–H groups in total. The van der Waals surface area contributed by atoms with Crippen LogP contribution in [0.1, 0.15) is 37.9 Å². The zero-order valence-electron chi connectivity index (χ0n) is 9.76. The average molecular weight is 224 g/mol. The highest BCUT2D eigenvalue weighted by Crippen LogP contribution is 2.18. The van der Waals surface area contributed by atoms with Crippen molar-refractivity contribution in [3.05, 3.63) is 12.2 Å². The van der Waals surface area contributed by atoms with Gasteiger partial charge in [-0.05, 0) is 12.8 Å². The van der Waals surface area contributed by atoms with Crippen LogP contribution >= 0.6 is 0 Å². The maximum Gasteiger partial charge on any atom is 0.146 e. The zero-order chi connectivity index (χ0) is 11.4. The van der Waals surface area contributed by atoms with Crippen molar-refractivity contribution < 1.29 is 5.11 Å². The fourth-order valence-corrected chi connectivity index (χ4v) is 2.22. The Bertz CT molecular complexity index is 326. The third kappa shape index (κ3) is 2.80. The van der Waals surface area contributed by atoms with E-state index >= 15 is 0 Å². The van der Waals surface area contributed by atoms with Gasteiger partial charge in [0.25, 0.3) is 0 Å². The maximum absolute atomic E-state index is 9.94. The van der Waals surface area contributed by atoms with E-state index < -0.39 is 0 Å². The van der Waals surface area contributed by atoms with Crippen LogP contribution in [-0.2, 0) is 13.6 Å². The fraction of sp³-hybridized carbons (Fsp3) is 0.818. The highest BCUT2D eigenvalue weighted by molar-refractivity contribution is 4.86. The molecule has 0 amide bonds. The van der Waals surface area contributed by atoms with E-state index in [0.29, 0.717) is 6.54 Å². The van der Waals surface area contributed by atoms with E-state index in [2.05, 4.69) is 15.5 Å². The predicted octanol–water partition coefficient (Wildman–Crippen LogP) is 0.598. The lowest BCUT2D eigenvalue weighted by atomic mass is 10.1. The Labute approximate surface area is 95.9 Å². The number of aliphatic hydroxyl groups is 1. The van der Waals surface area contributed by atoms with E-state index in [9.17, 15) is 5.11 Å².